The molecule has 7 nitrogen and oxygen atoms in total. The lowest BCUT2D eigenvalue weighted by atomic mass is 9.95. The fraction of sp³-hybridized carbons (Fsp3) is 0.441. The highest BCUT2D eigenvalue weighted by Crippen LogP contribution is 2.24. The molecule has 1 heterocycles. The van der Waals surface area contributed by atoms with Crippen LogP contribution in [0.2, 0.25) is 0 Å². The smallest absolute Gasteiger partial charge is 0.309 e. The molecule has 41 heavy (non-hydrogen) atoms. The monoisotopic (exact) mass is 560 g/mol. The maximum absolute atomic E-state index is 13.6. The Morgan fingerprint density at radius 3 is 2.24 bits per heavy atom. The third kappa shape index (κ3) is 10.3. The van der Waals surface area contributed by atoms with Gasteiger partial charge in [-0.1, -0.05) is 72.8 Å². The van der Waals surface area contributed by atoms with E-state index in [1.165, 1.54) is 0 Å². The summed E-state index contributed by atoms with van der Waals surface area (Å²) >= 11 is 0. The molecule has 2 aromatic carbocycles. The molecule has 0 bridgehead atoms. The van der Waals surface area contributed by atoms with E-state index >= 15 is 0 Å². The van der Waals surface area contributed by atoms with Gasteiger partial charge >= 0.3 is 5.97 Å². The number of carbonyl (C=O) groups excluding carboxylic acids is 3. The first-order valence-electron chi connectivity index (χ1n) is 14.6. The fourth-order valence-corrected chi connectivity index (χ4v) is 5.39. The van der Waals surface area contributed by atoms with E-state index in [0.29, 0.717) is 38.6 Å². The van der Waals surface area contributed by atoms with Crippen molar-refractivity contribution >= 4 is 17.8 Å². The maximum Gasteiger partial charge on any atom is 0.309 e. The van der Waals surface area contributed by atoms with Gasteiger partial charge < -0.3 is 20.1 Å². The van der Waals surface area contributed by atoms with Crippen molar-refractivity contribution in [1.82, 2.24) is 10.2 Å². The molecular formula is C34H44N2O5. The third-order valence-electron chi connectivity index (χ3n) is 7.60. The number of hydrogen-bond donors (Lipinski definition) is 2. The number of aliphatic hydroxyl groups excluding tert-OH is 1. The molecule has 2 N–H and O–H groups in total. The number of esters is 1. The molecule has 0 unspecified atom stereocenters. The third-order valence-corrected chi connectivity index (χ3v) is 7.60. The normalized spacial score (nSPS) is 16.8. The van der Waals surface area contributed by atoms with E-state index in [1.807, 2.05) is 66.7 Å². The van der Waals surface area contributed by atoms with Gasteiger partial charge in [0.1, 0.15) is 6.61 Å². The Bertz CT molecular complexity index is 1120. The minimum atomic E-state index is -0.571. The van der Waals surface area contributed by atoms with Gasteiger partial charge in [-0.15, -0.1) is 13.2 Å². The number of rotatable bonds is 17. The Morgan fingerprint density at radius 2 is 1.63 bits per heavy atom. The lowest BCUT2D eigenvalue weighted by Crippen LogP contribution is -2.45. The number of allylic oxidation sites excluding steroid dienone is 2. The zero-order valence-electron chi connectivity index (χ0n) is 24.0. The SMILES string of the molecule is C=CCC[C@H](Cc1ccccc1)C(=O)OC[C@@H]1CCCN1C(=O)[C@H](CC=C)CC(=O)N[C@@H](CO)Cc1ccccc1. The quantitative estimate of drug-likeness (QED) is 0.217. The van der Waals surface area contributed by atoms with Crippen LogP contribution in [0.4, 0.5) is 0 Å². The van der Waals surface area contributed by atoms with Crippen LogP contribution in [0.5, 0.6) is 0 Å². The van der Waals surface area contributed by atoms with Gasteiger partial charge in [-0.2, -0.15) is 0 Å². The Labute approximate surface area is 244 Å². The number of hydrogen-bond acceptors (Lipinski definition) is 5. The topological polar surface area (TPSA) is 95.9 Å². The second-order valence-corrected chi connectivity index (χ2v) is 10.8. The second kappa shape index (κ2) is 17.2. The molecule has 220 valence electrons. The summed E-state index contributed by atoms with van der Waals surface area (Å²) in [5.41, 5.74) is 2.09. The molecule has 1 aliphatic heterocycles. The molecular weight excluding hydrogens is 516 g/mol. The molecule has 0 saturated carbocycles. The van der Waals surface area contributed by atoms with Crippen LogP contribution in [0.3, 0.4) is 0 Å². The number of likely N-dealkylation sites (tertiary alicyclic amines) is 1. The van der Waals surface area contributed by atoms with Crippen LogP contribution in [-0.4, -0.2) is 59.6 Å². The van der Waals surface area contributed by atoms with E-state index in [4.69, 9.17) is 4.74 Å². The average molecular weight is 561 g/mol. The van der Waals surface area contributed by atoms with Crippen LogP contribution >= 0.6 is 0 Å². The van der Waals surface area contributed by atoms with Gasteiger partial charge in [0.15, 0.2) is 0 Å². The second-order valence-electron chi connectivity index (χ2n) is 10.8. The molecule has 1 fully saturated rings. The van der Waals surface area contributed by atoms with Gasteiger partial charge in [-0.3, -0.25) is 14.4 Å². The number of benzene rings is 2. The number of aliphatic hydroxyl groups is 1. The van der Waals surface area contributed by atoms with E-state index < -0.39 is 12.0 Å². The first-order valence-corrected chi connectivity index (χ1v) is 14.6. The number of carbonyl (C=O) groups is 3. The zero-order chi connectivity index (χ0) is 29.5. The molecule has 0 aliphatic carbocycles. The number of amides is 2. The summed E-state index contributed by atoms with van der Waals surface area (Å²) < 4.78 is 5.79. The molecule has 2 aromatic rings. The number of nitrogens with one attached hydrogen (secondary N) is 1. The van der Waals surface area contributed by atoms with Crippen molar-refractivity contribution < 1.29 is 24.2 Å². The lowest BCUT2D eigenvalue weighted by Gasteiger charge is -2.29. The van der Waals surface area contributed by atoms with Gasteiger partial charge in [0, 0.05) is 13.0 Å². The molecule has 0 spiro atoms. The molecule has 2 amide bonds. The molecule has 4 atom stereocenters. The number of ether oxygens (including phenoxy) is 1. The van der Waals surface area contributed by atoms with Crippen molar-refractivity contribution in [2.45, 2.75) is 63.5 Å². The molecule has 7 heteroatoms. The highest BCUT2D eigenvalue weighted by atomic mass is 16.5. The highest BCUT2D eigenvalue weighted by molar-refractivity contribution is 5.86. The van der Waals surface area contributed by atoms with Crippen LogP contribution in [0, 0.1) is 11.8 Å². The highest BCUT2D eigenvalue weighted by Gasteiger charge is 2.35. The largest absolute Gasteiger partial charge is 0.463 e. The van der Waals surface area contributed by atoms with Gasteiger partial charge in [-0.25, -0.2) is 0 Å². The fourth-order valence-electron chi connectivity index (χ4n) is 5.39. The van der Waals surface area contributed by atoms with Crippen molar-refractivity contribution in [3.63, 3.8) is 0 Å². The average Bonchev–Trinajstić information content (AvgIpc) is 3.46. The Kier molecular flexibility index (Phi) is 13.3. The maximum atomic E-state index is 13.6. The van der Waals surface area contributed by atoms with Crippen molar-refractivity contribution in [2.24, 2.45) is 11.8 Å². The summed E-state index contributed by atoms with van der Waals surface area (Å²) in [5, 5.41) is 12.7. The zero-order valence-corrected chi connectivity index (χ0v) is 24.0. The summed E-state index contributed by atoms with van der Waals surface area (Å²) in [6, 6.07) is 18.9. The minimum Gasteiger partial charge on any atom is -0.463 e. The summed E-state index contributed by atoms with van der Waals surface area (Å²) in [4.78, 5) is 41.3. The standard InChI is InChI=1S/C34H44N2O5/c1-3-5-18-29(21-26-14-8-6-9-15-26)34(40)41-25-31-19-12-20-36(31)33(39)28(13-4-2)23-32(38)35-30(24-37)22-27-16-10-7-11-17-27/h3-4,6-11,14-17,28-31,37H,1-2,5,12-13,18-25H2,(H,35,38)/t28-,29-,30-,31+/m1/s1. The van der Waals surface area contributed by atoms with Crippen molar-refractivity contribution in [3.05, 3.63) is 97.1 Å². The van der Waals surface area contributed by atoms with E-state index in [1.54, 1.807) is 11.0 Å². The Balaban J connectivity index is 1.57. The molecule has 1 saturated heterocycles. The van der Waals surface area contributed by atoms with Crippen LogP contribution in [0.15, 0.2) is 86.0 Å². The van der Waals surface area contributed by atoms with Crippen molar-refractivity contribution in [3.8, 4) is 0 Å². The molecule has 1 aliphatic rings. The molecule has 0 aromatic heterocycles. The van der Waals surface area contributed by atoms with Crippen LogP contribution < -0.4 is 5.32 Å². The minimum absolute atomic E-state index is 0.000145. The van der Waals surface area contributed by atoms with E-state index in [9.17, 15) is 19.5 Å². The first kappa shape index (κ1) is 31.8. The first-order chi connectivity index (χ1) is 19.9. The van der Waals surface area contributed by atoms with Crippen LogP contribution in [0.25, 0.3) is 0 Å². The summed E-state index contributed by atoms with van der Waals surface area (Å²) in [5.74, 6) is -1.53. The predicted octanol–water partition coefficient (Wildman–Crippen LogP) is 4.65. The van der Waals surface area contributed by atoms with Crippen LogP contribution in [0.1, 0.15) is 49.7 Å². The van der Waals surface area contributed by atoms with Crippen molar-refractivity contribution in [2.75, 3.05) is 19.8 Å². The predicted molar refractivity (Wildman–Crippen MR) is 161 cm³/mol. The van der Waals surface area contributed by atoms with Crippen LogP contribution in [-0.2, 0) is 32.0 Å². The molecule has 3 rings (SSSR count). The molecule has 0 radical (unpaired) electrons. The Hall–Kier alpha value is -3.71. The van der Waals surface area contributed by atoms with Gasteiger partial charge in [-0.05, 0) is 56.1 Å². The summed E-state index contributed by atoms with van der Waals surface area (Å²) in [6.07, 6.45) is 7.84. The van der Waals surface area contributed by atoms with E-state index in [-0.39, 0.29) is 49.4 Å². The Morgan fingerprint density at radius 1 is 0.976 bits per heavy atom. The van der Waals surface area contributed by atoms with E-state index in [2.05, 4.69) is 18.5 Å². The lowest BCUT2D eigenvalue weighted by molar-refractivity contribution is -0.152. The van der Waals surface area contributed by atoms with Gasteiger partial charge in [0.25, 0.3) is 0 Å². The summed E-state index contributed by atoms with van der Waals surface area (Å²) in [6.45, 7) is 8.08. The van der Waals surface area contributed by atoms with E-state index in [0.717, 1.165) is 24.0 Å². The van der Waals surface area contributed by atoms with Crippen molar-refractivity contribution in [1.29, 1.82) is 0 Å². The number of nitrogens with zero attached hydrogens (tertiary/aromatic N) is 1. The summed E-state index contributed by atoms with van der Waals surface area (Å²) in [7, 11) is 0. The van der Waals surface area contributed by atoms with Gasteiger partial charge in [0.2, 0.25) is 11.8 Å². The van der Waals surface area contributed by atoms with Gasteiger partial charge in [0.05, 0.1) is 30.5 Å².